The molecule has 0 fully saturated rings. The SMILES string of the molecule is COCCOCCC(=O)Cc1cc(C)nn1C. The number of nitrogens with zero attached hydrogens (tertiary/aromatic N) is 2. The Morgan fingerprint density at radius 1 is 1.41 bits per heavy atom. The molecule has 5 heteroatoms. The zero-order valence-corrected chi connectivity index (χ0v) is 10.7. The van der Waals surface area contributed by atoms with E-state index in [2.05, 4.69) is 5.10 Å². The van der Waals surface area contributed by atoms with Crippen LogP contribution in [0.15, 0.2) is 6.07 Å². The average Bonchev–Trinajstić information content (AvgIpc) is 2.57. The molecule has 17 heavy (non-hydrogen) atoms. The van der Waals surface area contributed by atoms with Crippen LogP contribution in [-0.4, -0.2) is 42.5 Å². The molecular weight excluding hydrogens is 220 g/mol. The van der Waals surface area contributed by atoms with Gasteiger partial charge in [0.05, 0.1) is 25.5 Å². The molecule has 0 aliphatic carbocycles. The highest BCUT2D eigenvalue weighted by atomic mass is 16.5. The molecule has 0 spiro atoms. The number of ketones is 1. The highest BCUT2D eigenvalue weighted by molar-refractivity contribution is 5.80. The zero-order valence-electron chi connectivity index (χ0n) is 10.7. The Kier molecular flexibility index (Phi) is 5.86. The highest BCUT2D eigenvalue weighted by Gasteiger charge is 2.08. The Balaban J connectivity index is 2.23. The maximum Gasteiger partial charge on any atom is 0.141 e. The van der Waals surface area contributed by atoms with Crippen LogP contribution in [0.2, 0.25) is 0 Å². The largest absolute Gasteiger partial charge is 0.382 e. The van der Waals surface area contributed by atoms with Crippen molar-refractivity contribution in [2.75, 3.05) is 26.9 Å². The van der Waals surface area contributed by atoms with Gasteiger partial charge in [-0.2, -0.15) is 5.10 Å². The quantitative estimate of drug-likeness (QED) is 0.633. The van der Waals surface area contributed by atoms with Crippen molar-refractivity contribution in [3.05, 3.63) is 17.5 Å². The molecule has 0 unspecified atom stereocenters. The van der Waals surface area contributed by atoms with Gasteiger partial charge in [-0.25, -0.2) is 0 Å². The predicted molar refractivity (Wildman–Crippen MR) is 64.0 cm³/mol. The van der Waals surface area contributed by atoms with Crippen molar-refractivity contribution < 1.29 is 14.3 Å². The minimum Gasteiger partial charge on any atom is -0.382 e. The second-order valence-corrected chi connectivity index (χ2v) is 3.97. The van der Waals surface area contributed by atoms with Crippen molar-refractivity contribution in [3.63, 3.8) is 0 Å². The molecule has 0 atom stereocenters. The van der Waals surface area contributed by atoms with E-state index in [1.807, 2.05) is 20.0 Å². The Labute approximate surface area is 102 Å². The summed E-state index contributed by atoms with van der Waals surface area (Å²) in [6, 6.07) is 1.93. The van der Waals surface area contributed by atoms with Crippen molar-refractivity contribution >= 4 is 5.78 Å². The number of methoxy groups -OCH3 is 1. The van der Waals surface area contributed by atoms with Crippen LogP contribution in [0.25, 0.3) is 0 Å². The first kappa shape index (κ1) is 13.9. The van der Waals surface area contributed by atoms with Gasteiger partial charge in [0, 0.05) is 32.7 Å². The third-order valence-corrected chi connectivity index (χ3v) is 2.43. The number of carbonyl (C=O) groups excluding carboxylic acids is 1. The van der Waals surface area contributed by atoms with E-state index in [-0.39, 0.29) is 5.78 Å². The monoisotopic (exact) mass is 240 g/mol. The summed E-state index contributed by atoms with van der Waals surface area (Å²) in [4.78, 5) is 11.7. The van der Waals surface area contributed by atoms with Crippen molar-refractivity contribution in [3.8, 4) is 0 Å². The van der Waals surface area contributed by atoms with Crippen LogP contribution in [0.1, 0.15) is 17.8 Å². The summed E-state index contributed by atoms with van der Waals surface area (Å²) in [5.74, 6) is 0.172. The highest BCUT2D eigenvalue weighted by Crippen LogP contribution is 2.04. The molecule has 5 nitrogen and oxygen atoms in total. The lowest BCUT2D eigenvalue weighted by molar-refractivity contribution is -0.119. The number of aryl methyl sites for hydroxylation is 2. The molecule has 0 aliphatic rings. The van der Waals surface area contributed by atoms with E-state index < -0.39 is 0 Å². The fourth-order valence-corrected chi connectivity index (χ4v) is 1.55. The van der Waals surface area contributed by atoms with E-state index in [0.717, 1.165) is 11.4 Å². The van der Waals surface area contributed by atoms with Crippen LogP contribution in [0.4, 0.5) is 0 Å². The number of aromatic nitrogens is 2. The van der Waals surface area contributed by atoms with E-state index in [4.69, 9.17) is 9.47 Å². The third-order valence-electron chi connectivity index (χ3n) is 2.43. The molecule has 0 N–H and O–H groups in total. The standard InChI is InChI=1S/C12H20N2O3/c1-10-8-11(14(2)13-10)9-12(15)4-5-17-7-6-16-3/h8H,4-7,9H2,1-3H3. The molecule has 0 amide bonds. The number of carbonyl (C=O) groups is 1. The topological polar surface area (TPSA) is 53.4 Å². The number of hydrogen-bond donors (Lipinski definition) is 0. The van der Waals surface area contributed by atoms with Crippen LogP contribution in [0, 0.1) is 6.92 Å². The van der Waals surface area contributed by atoms with Crippen molar-refractivity contribution in [2.45, 2.75) is 19.8 Å². The normalized spacial score (nSPS) is 10.8. The molecule has 0 radical (unpaired) electrons. The molecule has 0 aliphatic heterocycles. The fraction of sp³-hybridized carbons (Fsp3) is 0.667. The van der Waals surface area contributed by atoms with Crippen LogP contribution < -0.4 is 0 Å². The second-order valence-electron chi connectivity index (χ2n) is 3.97. The number of Topliss-reactive ketones (excluding diaryl/α,β-unsaturated/α-hetero) is 1. The van der Waals surface area contributed by atoms with Gasteiger partial charge in [0.2, 0.25) is 0 Å². The molecule has 1 aromatic rings. The summed E-state index contributed by atoms with van der Waals surface area (Å²) in [5.41, 5.74) is 1.89. The summed E-state index contributed by atoms with van der Waals surface area (Å²) in [7, 11) is 3.48. The van der Waals surface area contributed by atoms with Gasteiger partial charge in [-0.05, 0) is 13.0 Å². The fourth-order valence-electron chi connectivity index (χ4n) is 1.55. The summed E-state index contributed by atoms with van der Waals surface area (Å²) in [6.07, 6.45) is 0.860. The van der Waals surface area contributed by atoms with Gasteiger partial charge in [0.25, 0.3) is 0 Å². The lowest BCUT2D eigenvalue weighted by Gasteiger charge is -2.03. The van der Waals surface area contributed by atoms with E-state index in [1.54, 1.807) is 11.8 Å². The molecular formula is C12H20N2O3. The molecule has 1 rings (SSSR count). The first-order chi connectivity index (χ1) is 8.13. The van der Waals surface area contributed by atoms with Gasteiger partial charge in [-0.1, -0.05) is 0 Å². The van der Waals surface area contributed by atoms with E-state index in [0.29, 0.717) is 32.7 Å². The van der Waals surface area contributed by atoms with Gasteiger partial charge in [-0.15, -0.1) is 0 Å². The first-order valence-corrected chi connectivity index (χ1v) is 5.71. The number of ether oxygens (including phenoxy) is 2. The summed E-state index contributed by atoms with van der Waals surface area (Å²) in [5, 5.41) is 4.20. The Morgan fingerprint density at radius 3 is 2.76 bits per heavy atom. The van der Waals surface area contributed by atoms with E-state index >= 15 is 0 Å². The molecule has 1 heterocycles. The van der Waals surface area contributed by atoms with Crippen LogP contribution in [0.3, 0.4) is 0 Å². The molecule has 0 saturated carbocycles. The Bertz CT molecular complexity index is 361. The molecule has 0 aromatic carbocycles. The summed E-state index contributed by atoms with van der Waals surface area (Å²) < 4.78 is 11.8. The van der Waals surface area contributed by atoms with Gasteiger partial charge in [0.1, 0.15) is 5.78 Å². The minimum atomic E-state index is 0.172. The third kappa shape index (κ3) is 5.10. The predicted octanol–water partition coefficient (Wildman–Crippen LogP) is 0.893. The maximum atomic E-state index is 11.7. The smallest absolute Gasteiger partial charge is 0.141 e. The van der Waals surface area contributed by atoms with E-state index in [1.165, 1.54) is 0 Å². The van der Waals surface area contributed by atoms with Crippen molar-refractivity contribution in [1.29, 1.82) is 0 Å². The van der Waals surface area contributed by atoms with Gasteiger partial charge < -0.3 is 9.47 Å². The number of rotatable bonds is 8. The van der Waals surface area contributed by atoms with Crippen molar-refractivity contribution in [1.82, 2.24) is 9.78 Å². The van der Waals surface area contributed by atoms with Crippen LogP contribution in [-0.2, 0) is 27.7 Å². The Hall–Kier alpha value is -1.20. The van der Waals surface area contributed by atoms with Crippen molar-refractivity contribution in [2.24, 2.45) is 7.05 Å². The minimum absolute atomic E-state index is 0.172. The maximum absolute atomic E-state index is 11.7. The molecule has 0 saturated heterocycles. The average molecular weight is 240 g/mol. The molecule has 96 valence electrons. The number of hydrogen-bond acceptors (Lipinski definition) is 4. The second kappa shape index (κ2) is 7.19. The van der Waals surface area contributed by atoms with E-state index in [9.17, 15) is 4.79 Å². The van der Waals surface area contributed by atoms with Gasteiger partial charge in [0.15, 0.2) is 0 Å². The summed E-state index contributed by atoms with van der Waals surface area (Å²) in [6.45, 7) is 3.48. The lowest BCUT2D eigenvalue weighted by Crippen LogP contribution is -2.11. The van der Waals surface area contributed by atoms with Crippen LogP contribution in [0.5, 0.6) is 0 Å². The van der Waals surface area contributed by atoms with Crippen LogP contribution >= 0.6 is 0 Å². The lowest BCUT2D eigenvalue weighted by atomic mass is 10.1. The Morgan fingerprint density at radius 2 is 2.18 bits per heavy atom. The first-order valence-electron chi connectivity index (χ1n) is 5.71. The molecule has 0 bridgehead atoms. The van der Waals surface area contributed by atoms with Gasteiger partial charge >= 0.3 is 0 Å². The molecule has 1 aromatic heterocycles. The van der Waals surface area contributed by atoms with Gasteiger partial charge in [-0.3, -0.25) is 9.48 Å². The summed E-state index contributed by atoms with van der Waals surface area (Å²) >= 11 is 0. The zero-order chi connectivity index (χ0) is 12.7.